The molecule has 0 saturated carbocycles. The largest absolute Gasteiger partial charge is 0.481 e. The number of carboxylic acid groups (broad SMARTS) is 1. The Bertz CT molecular complexity index is 986. The predicted molar refractivity (Wildman–Crippen MR) is 98.3 cm³/mol. The third kappa shape index (κ3) is 2.82. The standard InChI is InChI=1S/C20H20N2O4/c23-18(21-12-20(19(24)25)7-9-26-10-8-20)17-11-15-14-4-2-1-3-13(14)5-6-16(15)22-17/h1-6,11,22H,7-10,12H2,(H,21,23)(H,24,25). The summed E-state index contributed by atoms with van der Waals surface area (Å²) >= 11 is 0. The number of hydrogen-bond donors (Lipinski definition) is 3. The lowest BCUT2D eigenvalue weighted by Crippen LogP contribution is -2.46. The van der Waals surface area contributed by atoms with E-state index in [0.717, 1.165) is 21.7 Å². The summed E-state index contributed by atoms with van der Waals surface area (Å²) in [4.78, 5) is 27.4. The van der Waals surface area contributed by atoms with Crippen molar-refractivity contribution < 1.29 is 19.4 Å². The van der Waals surface area contributed by atoms with Crippen molar-refractivity contribution >= 4 is 33.6 Å². The van der Waals surface area contributed by atoms with Gasteiger partial charge in [-0.1, -0.05) is 30.3 Å². The fourth-order valence-electron chi connectivity index (χ4n) is 3.58. The minimum absolute atomic E-state index is 0.0979. The van der Waals surface area contributed by atoms with Gasteiger partial charge in [-0.05, 0) is 35.7 Å². The molecule has 3 aromatic rings. The summed E-state index contributed by atoms with van der Waals surface area (Å²) < 4.78 is 5.26. The Hall–Kier alpha value is -2.86. The average molecular weight is 352 g/mol. The van der Waals surface area contributed by atoms with Crippen LogP contribution in [0.1, 0.15) is 23.3 Å². The lowest BCUT2D eigenvalue weighted by molar-refractivity contribution is -0.154. The smallest absolute Gasteiger partial charge is 0.311 e. The molecule has 0 spiro atoms. The maximum absolute atomic E-state index is 12.6. The molecule has 3 N–H and O–H groups in total. The number of aromatic nitrogens is 1. The molecule has 1 saturated heterocycles. The predicted octanol–water partition coefficient (Wildman–Crippen LogP) is 2.93. The quantitative estimate of drug-likeness (QED) is 0.673. The zero-order chi connectivity index (χ0) is 18.1. The second kappa shape index (κ2) is 6.46. The van der Waals surface area contributed by atoms with Gasteiger partial charge in [0.25, 0.3) is 5.91 Å². The van der Waals surface area contributed by atoms with Crippen LogP contribution >= 0.6 is 0 Å². The molecule has 0 unspecified atom stereocenters. The van der Waals surface area contributed by atoms with Crippen LogP contribution in [0, 0.1) is 5.41 Å². The molecule has 1 aliphatic heterocycles. The number of carbonyl (C=O) groups is 2. The number of aromatic amines is 1. The van der Waals surface area contributed by atoms with Gasteiger partial charge in [-0.2, -0.15) is 0 Å². The number of ether oxygens (including phenoxy) is 1. The minimum Gasteiger partial charge on any atom is -0.481 e. The van der Waals surface area contributed by atoms with Gasteiger partial charge in [-0.3, -0.25) is 9.59 Å². The van der Waals surface area contributed by atoms with Crippen LogP contribution in [-0.2, 0) is 9.53 Å². The van der Waals surface area contributed by atoms with Crippen LogP contribution in [0.4, 0.5) is 0 Å². The molecule has 0 radical (unpaired) electrons. The fraction of sp³-hybridized carbons (Fsp3) is 0.300. The van der Waals surface area contributed by atoms with Gasteiger partial charge >= 0.3 is 5.97 Å². The van der Waals surface area contributed by atoms with E-state index in [-0.39, 0.29) is 12.5 Å². The monoisotopic (exact) mass is 352 g/mol. The van der Waals surface area contributed by atoms with E-state index < -0.39 is 11.4 Å². The van der Waals surface area contributed by atoms with Crippen molar-refractivity contribution in [3.8, 4) is 0 Å². The summed E-state index contributed by atoms with van der Waals surface area (Å²) in [5, 5.41) is 15.5. The number of aliphatic carboxylic acids is 1. The Labute approximate surface area is 150 Å². The molecule has 26 heavy (non-hydrogen) atoms. The van der Waals surface area contributed by atoms with E-state index in [2.05, 4.69) is 10.3 Å². The zero-order valence-corrected chi connectivity index (χ0v) is 14.2. The highest BCUT2D eigenvalue weighted by Gasteiger charge is 2.40. The van der Waals surface area contributed by atoms with Crippen LogP contribution in [0.5, 0.6) is 0 Å². The number of hydrogen-bond acceptors (Lipinski definition) is 3. The van der Waals surface area contributed by atoms with Gasteiger partial charge < -0.3 is 20.1 Å². The van der Waals surface area contributed by atoms with Gasteiger partial charge in [0, 0.05) is 30.7 Å². The van der Waals surface area contributed by atoms with Crippen LogP contribution in [0.15, 0.2) is 42.5 Å². The van der Waals surface area contributed by atoms with E-state index in [1.54, 1.807) is 0 Å². The SMILES string of the molecule is O=C(NCC1(C(=O)O)CCOCC1)c1cc2c(ccc3ccccc32)[nH]1. The molecular formula is C20H20N2O4. The first kappa shape index (κ1) is 16.6. The van der Waals surface area contributed by atoms with Gasteiger partial charge in [0.05, 0.1) is 5.41 Å². The molecular weight excluding hydrogens is 332 g/mol. The topological polar surface area (TPSA) is 91.4 Å². The van der Waals surface area contributed by atoms with Crippen LogP contribution in [-0.4, -0.2) is 41.7 Å². The molecule has 1 aromatic heterocycles. The first-order valence-corrected chi connectivity index (χ1v) is 8.69. The van der Waals surface area contributed by atoms with Crippen molar-refractivity contribution in [2.45, 2.75) is 12.8 Å². The fourth-order valence-corrected chi connectivity index (χ4v) is 3.58. The Kier molecular flexibility index (Phi) is 4.12. The maximum atomic E-state index is 12.6. The molecule has 6 heteroatoms. The number of rotatable bonds is 4. The number of amides is 1. The molecule has 2 heterocycles. The van der Waals surface area contributed by atoms with E-state index in [1.165, 1.54) is 0 Å². The summed E-state index contributed by atoms with van der Waals surface area (Å²) in [7, 11) is 0. The molecule has 1 aliphatic rings. The van der Waals surface area contributed by atoms with Crippen LogP contribution < -0.4 is 5.32 Å². The summed E-state index contributed by atoms with van der Waals surface area (Å²) in [5.41, 5.74) is 0.365. The Morgan fingerprint density at radius 1 is 1.12 bits per heavy atom. The van der Waals surface area contributed by atoms with E-state index in [9.17, 15) is 14.7 Å². The van der Waals surface area contributed by atoms with Crippen LogP contribution in [0.2, 0.25) is 0 Å². The summed E-state index contributed by atoms with van der Waals surface area (Å²) in [6, 6.07) is 13.8. The van der Waals surface area contributed by atoms with Crippen LogP contribution in [0.3, 0.4) is 0 Å². The number of nitrogens with one attached hydrogen (secondary N) is 2. The van der Waals surface area contributed by atoms with Crippen molar-refractivity contribution in [2.75, 3.05) is 19.8 Å². The van der Waals surface area contributed by atoms with Crippen LogP contribution in [0.25, 0.3) is 21.7 Å². The van der Waals surface area contributed by atoms with Gasteiger partial charge in [-0.15, -0.1) is 0 Å². The van der Waals surface area contributed by atoms with Gasteiger partial charge in [0.1, 0.15) is 5.69 Å². The summed E-state index contributed by atoms with van der Waals surface area (Å²) in [5.74, 6) is -1.18. The Morgan fingerprint density at radius 2 is 1.88 bits per heavy atom. The third-order valence-electron chi connectivity index (χ3n) is 5.26. The average Bonchev–Trinajstić information content (AvgIpc) is 3.11. The lowest BCUT2D eigenvalue weighted by atomic mass is 9.80. The minimum atomic E-state index is -0.952. The number of benzene rings is 2. The molecule has 4 rings (SSSR count). The Balaban J connectivity index is 1.58. The van der Waals surface area contributed by atoms with Crippen molar-refractivity contribution in [1.29, 1.82) is 0 Å². The van der Waals surface area contributed by atoms with Crippen molar-refractivity contribution in [1.82, 2.24) is 10.3 Å². The molecule has 0 aliphatic carbocycles. The summed E-state index contributed by atoms with van der Waals surface area (Å²) in [6.07, 6.45) is 0.805. The highest BCUT2D eigenvalue weighted by Crippen LogP contribution is 2.30. The number of carbonyl (C=O) groups excluding carboxylic acids is 1. The highest BCUT2D eigenvalue weighted by molar-refractivity contribution is 6.09. The van der Waals surface area contributed by atoms with Crippen molar-refractivity contribution in [3.63, 3.8) is 0 Å². The molecule has 2 aromatic carbocycles. The van der Waals surface area contributed by atoms with Gasteiger partial charge in [0.15, 0.2) is 0 Å². The zero-order valence-electron chi connectivity index (χ0n) is 14.2. The highest BCUT2D eigenvalue weighted by atomic mass is 16.5. The molecule has 134 valence electrons. The molecule has 1 amide bonds. The van der Waals surface area contributed by atoms with E-state index in [0.29, 0.717) is 31.7 Å². The molecule has 1 fully saturated rings. The molecule has 6 nitrogen and oxygen atoms in total. The summed E-state index contributed by atoms with van der Waals surface area (Å²) in [6.45, 7) is 0.904. The van der Waals surface area contributed by atoms with Gasteiger partial charge in [0.2, 0.25) is 0 Å². The lowest BCUT2D eigenvalue weighted by Gasteiger charge is -2.33. The molecule has 0 bridgehead atoms. The third-order valence-corrected chi connectivity index (χ3v) is 5.26. The number of H-pyrrole nitrogens is 1. The van der Waals surface area contributed by atoms with Crippen molar-refractivity contribution in [2.24, 2.45) is 5.41 Å². The van der Waals surface area contributed by atoms with E-state index in [4.69, 9.17) is 4.74 Å². The maximum Gasteiger partial charge on any atom is 0.311 e. The van der Waals surface area contributed by atoms with E-state index in [1.807, 2.05) is 42.5 Å². The normalized spacial score (nSPS) is 16.6. The second-order valence-corrected chi connectivity index (χ2v) is 6.81. The Morgan fingerprint density at radius 3 is 2.65 bits per heavy atom. The first-order chi connectivity index (χ1) is 12.6. The van der Waals surface area contributed by atoms with E-state index >= 15 is 0 Å². The van der Waals surface area contributed by atoms with Crippen molar-refractivity contribution in [3.05, 3.63) is 48.2 Å². The second-order valence-electron chi connectivity index (χ2n) is 6.81. The van der Waals surface area contributed by atoms with Gasteiger partial charge in [-0.25, -0.2) is 0 Å². The number of carboxylic acids is 1. The first-order valence-electron chi connectivity index (χ1n) is 8.69. The number of fused-ring (bicyclic) bond motifs is 3. The molecule has 0 atom stereocenters.